The number of carboxylic acids is 1. The highest BCUT2D eigenvalue weighted by Crippen LogP contribution is 2.08. The Labute approximate surface area is 110 Å². The van der Waals surface area contributed by atoms with Crippen molar-refractivity contribution in [2.75, 3.05) is 25.7 Å². The van der Waals surface area contributed by atoms with Gasteiger partial charge in [0.25, 0.3) is 0 Å². The van der Waals surface area contributed by atoms with E-state index in [0.717, 1.165) is 0 Å². The third-order valence-corrected chi connectivity index (χ3v) is 2.26. The van der Waals surface area contributed by atoms with Crippen LogP contribution in [0, 0.1) is 0 Å². The van der Waals surface area contributed by atoms with Crippen LogP contribution in [0.2, 0.25) is 0 Å². The molecule has 18 heavy (non-hydrogen) atoms. The van der Waals surface area contributed by atoms with Crippen molar-refractivity contribution in [1.82, 2.24) is 10.7 Å². The fourth-order valence-corrected chi connectivity index (χ4v) is 1.32. The van der Waals surface area contributed by atoms with Gasteiger partial charge in [0, 0.05) is 13.7 Å². The molecule has 0 fully saturated rings. The minimum Gasteiger partial charge on any atom is -0.545 e. The van der Waals surface area contributed by atoms with E-state index in [9.17, 15) is 9.90 Å². The molecule has 0 atom stereocenters. The summed E-state index contributed by atoms with van der Waals surface area (Å²) in [6.07, 6.45) is 0. The lowest BCUT2D eigenvalue weighted by atomic mass is 10.2. The number of ether oxygens (including phenoxy) is 1. The number of hydrazine groups is 1. The van der Waals surface area contributed by atoms with Gasteiger partial charge in [0.15, 0.2) is 5.11 Å². The molecule has 1 aromatic rings. The molecule has 0 amide bonds. The molecule has 0 aliphatic rings. The van der Waals surface area contributed by atoms with Gasteiger partial charge < -0.3 is 20.0 Å². The van der Waals surface area contributed by atoms with Crippen molar-refractivity contribution in [2.24, 2.45) is 0 Å². The van der Waals surface area contributed by atoms with Crippen LogP contribution >= 0.6 is 12.2 Å². The Morgan fingerprint density at radius 1 is 1.50 bits per heavy atom. The molecular formula is C11H14N3O3S-. The fourth-order valence-electron chi connectivity index (χ4n) is 1.16. The Balaban J connectivity index is 2.41. The summed E-state index contributed by atoms with van der Waals surface area (Å²) in [5, 5.41) is 13.9. The van der Waals surface area contributed by atoms with Gasteiger partial charge in [-0.1, -0.05) is 12.1 Å². The van der Waals surface area contributed by atoms with E-state index in [-0.39, 0.29) is 5.56 Å². The molecule has 0 radical (unpaired) electrons. The molecule has 3 N–H and O–H groups in total. The van der Waals surface area contributed by atoms with Crippen LogP contribution in [0.25, 0.3) is 0 Å². The summed E-state index contributed by atoms with van der Waals surface area (Å²) in [6.45, 7) is 1.13. The molecule has 0 aromatic heterocycles. The smallest absolute Gasteiger partial charge is 0.185 e. The number of methoxy groups -OCH3 is 1. The highest BCUT2D eigenvalue weighted by Gasteiger charge is 1.97. The third-order valence-electron chi connectivity index (χ3n) is 2.01. The zero-order valence-corrected chi connectivity index (χ0v) is 10.7. The number of thiocarbonyl (C=S) groups is 1. The molecule has 0 aliphatic heterocycles. The SMILES string of the molecule is COCCNC(=S)NNc1cccc(C(=O)[O-])c1. The summed E-state index contributed by atoms with van der Waals surface area (Å²) in [6, 6.07) is 6.21. The molecule has 1 aromatic carbocycles. The largest absolute Gasteiger partial charge is 0.545 e. The maximum absolute atomic E-state index is 10.7. The van der Waals surface area contributed by atoms with E-state index in [4.69, 9.17) is 17.0 Å². The number of aromatic carboxylic acids is 1. The Morgan fingerprint density at radius 3 is 2.94 bits per heavy atom. The quantitative estimate of drug-likeness (QED) is 0.364. The van der Waals surface area contributed by atoms with Crippen LogP contribution in [0.15, 0.2) is 24.3 Å². The second kappa shape index (κ2) is 7.46. The van der Waals surface area contributed by atoms with Gasteiger partial charge in [-0.15, -0.1) is 0 Å². The number of benzene rings is 1. The van der Waals surface area contributed by atoms with Crippen LogP contribution < -0.4 is 21.3 Å². The van der Waals surface area contributed by atoms with Crippen LogP contribution in [-0.4, -0.2) is 31.3 Å². The Morgan fingerprint density at radius 2 is 2.28 bits per heavy atom. The number of carboxylic acid groups (broad SMARTS) is 1. The molecule has 1 rings (SSSR count). The first-order chi connectivity index (χ1) is 8.63. The van der Waals surface area contributed by atoms with Crippen LogP contribution in [0.3, 0.4) is 0 Å². The summed E-state index contributed by atoms with van der Waals surface area (Å²) in [5.41, 5.74) is 6.18. The maximum Gasteiger partial charge on any atom is 0.185 e. The fraction of sp³-hybridized carbons (Fsp3) is 0.273. The summed E-state index contributed by atoms with van der Waals surface area (Å²) in [7, 11) is 1.60. The molecule has 0 bridgehead atoms. The van der Waals surface area contributed by atoms with E-state index in [2.05, 4.69) is 16.2 Å². The predicted molar refractivity (Wildman–Crippen MR) is 70.0 cm³/mol. The van der Waals surface area contributed by atoms with E-state index in [1.54, 1.807) is 19.2 Å². The summed E-state index contributed by atoms with van der Waals surface area (Å²) in [4.78, 5) is 10.7. The van der Waals surface area contributed by atoms with Crippen LogP contribution in [0.4, 0.5) is 5.69 Å². The highest BCUT2D eigenvalue weighted by atomic mass is 32.1. The van der Waals surface area contributed by atoms with Gasteiger partial charge in [0.05, 0.1) is 18.3 Å². The Kier molecular flexibility index (Phi) is 5.89. The van der Waals surface area contributed by atoms with Crippen molar-refractivity contribution in [3.05, 3.63) is 29.8 Å². The first-order valence-corrected chi connectivity index (χ1v) is 5.64. The van der Waals surface area contributed by atoms with Crippen LogP contribution in [-0.2, 0) is 4.74 Å². The Hall–Kier alpha value is -1.86. The van der Waals surface area contributed by atoms with E-state index < -0.39 is 5.97 Å². The van der Waals surface area contributed by atoms with Crippen LogP contribution in [0.5, 0.6) is 0 Å². The number of nitrogens with one attached hydrogen (secondary N) is 3. The van der Waals surface area contributed by atoms with E-state index in [1.807, 2.05) is 0 Å². The lowest BCUT2D eigenvalue weighted by Gasteiger charge is -2.13. The van der Waals surface area contributed by atoms with Gasteiger partial charge >= 0.3 is 0 Å². The molecule has 0 heterocycles. The average Bonchev–Trinajstić information content (AvgIpc) is 2.37. The first-order valence-electron chi connectivity index (χ1n) is 5.23. The predicted octanol–water partition coefficient (Wildman–Crippen LogP) is -0.512. The van der Waals surface area contributed by atoms with Crippen molar-refractivity contribution in [1.29, 1.82) is 0 Å². The lowest BCUT2D eigenvalue weighted by Crippen LogP contribution is -2.40. The van der Waals surface area contributed by atoms with Crippen molar-refractivity contribution in [2.45, 2.75) is 0 Å². The maximum atomic E-state index is 10.7. The summed E-state index contributed by atoms with van der Waals surface area (Å²) < 4.78 is 4.85. The van der Waals surface area contributed by atoms with Gasteiger partial charge in [0.1, 0.15) is 0 Å². The molecule has 6 nitrogen and oxygen atoms in total. The number of carbonyl (C=O) groups excluding carboxylic acids is 1. The molecule has 0 unspecified atom stereocenters. The number of carbonyl (C=O) groups is 1. The summed E-state index contributed by atoms with van der Waals surface area (Å²) in [5.74, 6) is -1.22. The number of hydrogen-bond acceptors (Lipinski definition) is 5. The lowest BCUT2D eigenvalue weighted by molar-refractivity contribution is -0.255. The molecule has 7 heteroatoms. The number of anilines is 1. The standard InChI is InChI=1S/C11H15N3O3S/c1-17-6-5-12-11(18)14-13-9-4-2-3-8(7-9)10(15)16/h2-4,7,13H,5-6H2,1H3,(H,15,16)(H2,12,14,18)/p-1. The highest BCUT2D eigenvalue weighted by molar-refractivity contribution is 7.80. The van der Waals surface area contributed by atoms with Crippen LogP contribution in [0.1, 0.15) is 10.4 Å². The summed E-state index contributed by atoms with van der Waals surface area (Å²) >= 11 is 4.98. The average molecular weight is 268 g/mol. The number of hydrogen-bond donors (Lipinski definition) is 3. The van der Waals surface area contributed by atoms with Crippen molar-refractivity contribution < 1.29 is 14.6 Å². The monoisotopic (exact) mass is 268 g/mol. The van der Waals surface area contributed by atoms with E-state index in [1.165, 1.54) is 12.1 Å². The molecule has 0 spiro atoms. The van der Waals surface area contributed by atoms with E-state index >= 15 is 0 Å². The zero-order chi connectivity index (χ0) is 13.4. The van der Waals surface area contributed by atoms with Crippen molar-refractivity contribution in [3.63, 3.8) is 0 Å². The number of rotatable bonds is 6. The second-order valence-electron chi connectivity index (χ2n) is 3.37. The molecule has 0 saturated carbocycles. The van der Waals surface area contributed by atoms with Gasteiger partial charge in [-0.05, 0) is 29.9 Å². The minimum absolute atomic E-state index is 0.0973. The topological polar surface area (TPSA) is 85.5 Å². The molecular weight excluding hydrogens is 254 g/mol. The van der Waals surface area contributed by atoms with Gasteiger partial charge in [-0.3, -0.25) is 10.9 Å². The molecule has 0 aliphatic carbocycles. The normalized spacial score (nSPS) is 9.61. The van der Waals surface area contributed by atoms with Gasteiger partial charge in [0.2, 0.25) is 0 Å². The first kappa shape index (κ1) is 14.2. The van der Waals surface area contributed by atoms with E-state index in [0.29, 0.717) is 24.0 Å². The minimum atomic E-state index is -1.22. The third kappa shape index (κ3) is 4.98. The molecule has 0 saturated heterocycles. The van der Waals surface area contributed by atoms with Gasteiger partial charge in [-0.25, -0.2) is 0 Å². The van der Waals surface area contributed by atoms with Gasteiger partial charge in [-0.2, -0.15) is 0 Å². The zero-order valence-electron chi connectivity index (χ0n) is 9.86. The van der Waals surface area contributed by atoms with Crippen molar-refractivity contribution in [3.8, 4) is 0 Å². The Bertz CT molecular complexity index is 426. The molecule has 98 valence electrons. The van der Waals surface area contributed by atoms with Crippen molar-refractivity contribution >= 4 is 29.0 Å². The second-order valence-corrected chi connectivity index (χ2v) is 3.78.